The number of rotatable bonds is 4. The average Bonchev–Trinajstić information content (AvgIpc) is 2.38. The lowest BCUT2D eigenvalue weighted by molar-refractivity contribution is -0.0341. The van der Waals surface area contributed by atoms with Gasteiger partial charge in [-0.25, -0.2) is 4.79 Å². The molecule has 0 spiro atoms. The number of ether oxygens (including phenoxy) is 1. The third kappa shape index (κ3) is 3.31. The van der Waals surface area contributed by atoms with Crippen molar-refractivity contribution in [2.75, 3.05) is 6.61 Å². The predicted octanol–water partition coefficient (Wildman–Crippen LogP) is 3.08. The fourth-order valence-electron chi connectivity index (χ4n) is 2.86. The van der Waals surface area contributed by atoms with Crippen molar-refractivity contribution in [2.24, 2.45) is 0 Å². The summed E-state index contributed by atoms with van der Waals surface area (Å²) >= 11 is 0. The Labute approximate surface area is 119 Å². The van der Waals surface area contributed by atoms with Crippen LogP contribution in [0.5, 0.6) is 5.75 Å². The van der Waals surface area contributed by atoms with Gasteiger partial charge in [0, 0.05) is 0 Å². The van der Waals surface area contributed by atoms with Crippen LogP contribution in [0.25, 0.3) is 0 Å². The zero-order valence-corrected chi connectivity index (χ0v) is 12.1. The molecule has 0 radical (unpaired) electrons. The summed E-state index contributed by atoms with van der Waals surface area (Å²) in [4.78, 5) is 11.0. The normalized spacial score (nSPS) is 17.8. The van der Waals surface area contributed by atoms with Gasteiger partial charge in [-0.2, -0.15) is 0 Å². The van der Waals surface area contributed by atoms with Crippen molar-refractivity contribution in [3.8, 4) is 5.75 Å². The molecular weight excluding hydrogens is 256 g/mol. The smallest absolute Gasteiger partial charge is 0.335 e. The number of aromatic carboxylic acids is 1. The van der Waals surface area contributed by atoms with Gasteiger partial charge in [0.2, 0.25) is 0 Å². The van der Waals surface area contributed by atoms with E-state index in [0.29, 0.717) is 5.75 Å². The van der Waals surface area contributed by atoms with E-state index in [0.717, 1.165) is 36.8 Å². The van der Waals surface area contributed by atoms with Crippen LogP contribution in [0.3, 0.4) is 0 Å². The van der Waals surface area contributed by atoms with Gasteiger partial charge in [-0.15, -0.1) is 0 Å². The quantitative estimate of drug-likeness (QED) is 0.888. The number of hydrogen-bond acceptors (Lipinski definition) is 3. The van der Waals surface area contributed by atoms with Gasteiger partial charge in [0.15, 0.2) is 0 Å². The minimum absolute atomic E-state index is 0.267. The van der Waals surface area contributed by atoms with Crippen LogP contribution < -0.4 is 4.74 Å². The Kier molecular flexibility index (Phi) is 4.33. The van der Waals surface area contributed by atoms with Crippen molar-refractivity contribution in [1.29, 1.82) is 0 Å². The van der Waals surface area contributed by atoms with Crippen molar-refractivity contribution in [3.63, 3.8) is 0 Å². The monoisotopic (exact) mass is 278 g/mol. The first-order valence-electron chi connectivity index (χ1n) is 7.11. The minimum Gasteiger partial charge on any atom is -0.490 e. The van der Waals surface area contributed by atoms with Crippen LogP contribution in [0.15, 0.2) is 12.1 Å². The molecule has 0 bridgehead atoms. The van der Waals surface area contributed by atoms with Crippen LogP contribution in [0, 0.1) is 13.8 Å². The molecule has 20 heavy (non-hydrogen) atoms. The van der Waals surface area contributed by atoms with Crippen molar-refractivity contribution in [2.45, 2.75) is 51.6 Å². The van der Waals surface area contributed by atoms with Crippen LogP contribution in [0.1, 0.15) is 53.6 Å². The summed E-state index contributed by atoms with van der Waals surface area (Å²) in [6.07, 6.45) is 4.80. The molecule has 0 atom stereocenters. The Balaban J connectivity index is 2.11. The van der Waals surface area contributed by atoms with E-state index < -0.39 is 11.6 Å². The van der Waals surface area contributed by atoms with Crippen molar-refractivity contribution in [1.82, 2.24) is 0 Å². The first-order chi connectivity index (χ1) is 9.41. The van der Waals surface area contributed by atoms with Crippen molar-refractivity contribution < 1.29 is 19.7 Å². The topological polar surface area (TPSA) is 66.8 Å². The molecule has 4 heteroatoms. The van der Waals surface area contributed by atoms with Crippen LogP contribution >= 0.6 is 0 Å². The van der Waals surface area contributed by atoms with Gasteiger partial charge in [0.05, 0.1) is 11.2 Å². The van der Waals surface area contributed by atoms with Gasteiger partial charge in [-0.1, -0.05) is 19.3 Å². The Hall–Kier alpha value is -1.55. The average molecular weight is 278 g/mol. The number of aryl methyl sites for hydroxylation is 2. The molecule has 1 aromatic carbocycles. The van der Waals surface area contributed by atoms with E-state index in [1.54, 1.807) is 12.1 Å². The van der Waals surface area contributed by atoms with E-state index in [1.165, 1.54) is 6.42 Å². The zero-order valence-electron chi connectivity index (χ0n) is 12.1. The maximum atomic E-state index is 11.0. The summed E-state index contributed by atoms with van der Waals surface area (Å²) in [5.41, 5.74) is 1.12. The number of carboxylic acid groups (broad SMARTS) is 1. The van der Waals surface area contributed by atoms with E-state index in [4.69, 9.17) is 9.84 Å². The number of benzene rings is 1. The first kappa shape index (κ1) is 14.9. The SMILES string of the molecule is Cc1cc(C(=O)O)cc(C)c1OCC1(O)CCCCC1. The number of carbonyl (C=O) groups is 1. The molecule has 0 amide bonds. The summed E-state index contributed by atoms with van der Waals surface area (Å²) in [5.74, 6) is -0.248. The Bertz CT molecular complexity index is 478. The van der Waals surface area contributed by atoms with E-state index in [9.17, 15) is 9.90 Å². The summed E-state index contributed by atoms with van der Waals surface area (Å²) < 4.78 is 5.80. The molecule has 1 saturated carbocycles. The third-order valence-corrected chi connectivity index (χ3v) is 3.98. The summed E-state index contributed by atoms with van der Waals surface area (Å²) in [6, 6.07) is 3.21. The zero-order chi connectivity index (χ0) is 14.8. The fraction of sp³-hybridized carbons (Fsp3) is 0.562. The predicted molar refractivity (Wildman–Crippen MR) is 76.4 cm³/mol. The molecule has 0 saturated heterocycles. The van der Waals surface area contributed by atoms with Crippen LogP contribution in [-0.4, -0.2) is 28.4 Å². The highest BCUT2D eigenvalue weighted by Crippen LogP contribution is 2.31. The van der Waals surface area contributed by atoms with Gasteiger partial charge in [-0.3, -0.25) is 0 Å². The third-order valence-electron chi connectivity index (χ3n) is 3.98. The highest BCUT2D eigenvalue weighted by molar-refractivity contribution is 5.88. The van der Waals surface area contributed by atoms with Gasteiger partial charge >= 0.3 is 5.97 Å². The number of aliphatic hydroxyl groups is 1. The molecule has 2 rings (SSSR count). The standard InChI is InChI=1S/C16H22O4/c1-11-8-13(15(17)18)9-12(2)14(11)20-10-16(19)6-4-3-5-7-16/h8-9,19H,3-7,10H2,1-2H3,(H,17,18). The minimum atomic E-state index is -0.936. The lowest BCUT2D eigenvalue weighted by Crippen LogP contribution is -2.38. The molecular formula is C16H22O4. The van der Waals surface area contributed by atoms with Crippen LogP contribution in [0.4, 0.5) is 0 Å². The molecule has 0 heterocycles. The van der Waals surface area contributed by atoms with E-state index >= 15 is 0 Å². The number of hydrogen-bond donors (Lipinski definition) is 2. The molecule has 0 aliphatic heterocycles. The Morgan fingerprint density at radius 2 is 1.75 bits per heavy atom. The molecule has 1 aromatic rings. The summed E-state index contributed by atoms with van der Waals surface area (Å²) in [6.45, 7) is 3.94. The van der Waals surface area contributed by atoms with Gasteiger partial charge in [0.1, 0.15) is 12.4 Å². The maximum absolute atomic E-state index is 11.0. The molecule has 1 fully saturated rings. The van der Waals surface area contributed by atoms with E-state index in [1.807, 2.05) is 13.8 Å². The van der Waals surface area contributed by atoms with E-state index in [-0.39, 0.29) is 12.2 Å². The van der Waals surface area contributed by atoms with Crippen LogP contribution in [0.2, 0.25) is 0 Å². The molecule has 110 valence electrons. The molecule has 4 nitrogen and oxygen atoms in total. The molecule has 0 aromatic heterocycles. The molecule has 2 N–H and O–H groups in total. The maximum Gasteiger partial charge on any atom is 0.335 e. The molecule has 1 aliphatic rings. The second-order valence-electron chi connectivity index (χ2n) is 5.82. The summed E-state index contributed by atoms with van der Waals surface area (Å²) in [7, 11) is 0. The highest BCUT2D eigenvalue weighted by atomic mass is 16.5. The summed E-state index contributed by atoms with van der Waals surface area (Å²) in [5, 5.41) is 19.5. The van der Waals surface area contributed by atoms with Crippen LogP contribution in [-0.2, 0) is 0 Å². The second-order valence-corrected chi connectivity index (χ2v) is 5.82. The van der Waals surface area contributed by atoms with Gasteiger partial charge < -0.3 is 14.9 Å². The highest BCUT2D eigenvalue weighted by Gasteiger charge is 2.30. The largest absolute Gasteiger partial charge is 0.490 e. The molecule has 1 aliphatic carbocycles. The fourth-order valence-corrected chi connectivity index (χ4v) is 2.86. The second kappa shape index (κ2) is 5.83. The van der Waals surface area contributed by atoms with Gasteiger partial charge in [0.25, 0.3) is 0 Å². The molecule has 0 unspecified atom stereocenters. The first-order valence-corrected chi connectivity index (χ1v) is 7.11. The van der Waals surface area contributed by atoms with Crippen molar-refractivity contribution >= 4 is 5.97 Å². The Morgan fingerprint density at radius 3 is 2.25 bits per heavy atom. The van der Waals surface area contributed by atoms with Crippen molar-refractivity contribution in [3.05, 3.63) is 28.8 Å². The van der Waals surface area contributed by atoms with Gasteiger partial charge in [-0.05, 0) is 49.9 Å². The van der Waals surface area contributed by atoms with E-state index in [2.05, 4.69) is 0 Å². The Morgan fingerprint density at radius 1 is 1.20 bits per heavy atom. The lowest BCUT2D eigenvalue weighted by Gasteiger charge is -2.32. The number of carboxylic acids is 1. The lowest BCUT2D eigenvalue weighted by atomic mass is 9.85.